The van der Waals surface area contributed by atoms with Gasteiger partial charge in [-0.05, 0) is 103 Å². The lowest BCUT2D eigenvalue weighted by molar-refractivity contribution is 0.445. The average molecular weight is 730 g/mol. The van der Waals surface area contributed by atoms with Crippen LogP contribution in [0.3, 0.4) is 0 Å². The molecule has 0 amide bonds. The normalized spacial score (nSPS) is 14.1. The molecule has 0 fully saturated rings. The molecule has 2 aliphatic rings. The lowest BCUT2D eigenvalue weighted by Crippen LogP contribution is -2.15. The zero-order valence-electron chi connectivity index (χ0n) is 31.7. The second kappa shape index (κ2) is 15.6. The summed E-state index contributed by atoms with van der Waals surface area (Å²) in [7, 11) is 0. The molecule has 0 bridgehead atoms. The maximum absolute atomic E-state index is 6.28. The molecule has 1 atom stereocenters. The summed E-state index contributed by atoms with van der Waals surface area (Å²) in [5.74, 6) is 4.08. The molecule has 0 saturated carbocycles. The van der Waals surface area contributed by atoms with Crippen molar-refractivity contribution in [3.63, 3.8) is 0 Å². The molecule has 2 heterocycles. The molecular formula is C51H43N3O2. The summed E-state index contributed by atoms with van der Waals surface area (Å²) in [5.41, 5.74) is 12.1. The van der Waals surface area contributed by atoms with Gasteiger partial charge in [-0.3, -0.25) is 0 Å². The largest absolute Gasteiger partial charge is 0.457 e. The molecule has 274 valence electrons. The fourth-order valence-electron chi connectivity index (χ4n) is 8.00. The van der Waals surface area contributed by atoms with Gasteiger partial charge in [0.1, 0.15) is 11.5 Å². The van der Waals surface area contributed by atoms with Gasteiger partial charge in [0.05, 0.1) is 22.8 Å². The number of para-hydroxylation sites is 6. The summed E-state index contributed by atoms with van der Waals surface area (Å²) in [6.45, 7) is 4.29. The number of rotatable bonds is 10. The van der Waals surface area contributed by atoms with Crippen molar-refractivity contribution in [1.29, 1.82) is 0 Å². The fraction of sp³-hybridized carbons (Fsp3) is 0.137. The van der Waals surface area contributed by atoms with Crippen LogP contribution in [0.4, 0.5) is 17.1 Å². The van der Waals surface area contributed by atoms with E-state index < -0.39 is 0 Å². The summed E-state index contributed by atoms with van der Waals surface area (Å²) >= 11 is 0. The molecule has 0 N–H and O–H groups in total. The van der Waals surface area contributed by atoms with Crippen LogP contribution in [0.2, 0.25) is 0 Å². The molecule has 7 aromatic carbocycles. The Balaban J connectivity index is 1.01. The fourth-order valence-corrected chi connectivity index (χ4v) is 8.00. The van der Waals surface area contributed by atoms with Gasteiger partial charge in [-0.2, -0.15) is 10.2 Å². The van der Waals surface area contributed by atoms with Crippen LogP contribution in [0.25, 0.3) is 0 Å². The Bertz CT molecular complexity index is 2450. The molecule has 5 heteroatoms. The molecule has 0 saturated heterocycles. The average Bonchev–Trinajstić information content (AvgIpc) is 3.26. The van der Waals surface area contributed by atoms with Crippen molar-refractivity contribution in [1.82, 2.24) is 0 Å². The maximum Gasteiger partial charge on any atom is 0.151 e. The quantitative estimate of drug-likeness (QED) is 0.104. The number of fused-ring (bicyclic) bond motifs is 4. The first-order valence-corrected chi connectivity index (χ1v) is 19.5. The molecule has 0 aliphatic carbocycles. The van der Waals surface area contributed by atoms with E-state index in [1.165, 1.54) is 22.3 Å². The standard InChI is InChI=1S/C51H43N3O2/c1-3-37(39-15-5-4-6-16-39)34-45(40-27-25-36(26-28-40)33-44-42-17-7-11-21-48(42)55-49-22-12-8-18-43(44)49)53-52-35(2)38-29-31-41(32-30-38)54-46-19-9-13-23-50(46)56-51-24-14-10-20-47(51)54/h4-32,37,44H,3,33-34H2,1-2H3. The lowest BCUT2D eigenvalue weighted by Gasteiger charge is -2.32. The van der Waals surface area contributed by atoms with Gasteiger partial charge < -0.3 is 14.4 Å². The van der Waals surface area contributed by atoms with E-state index in [1.54, 1.807) is 0 Å². The molecule has 9 rings (SSSR count). The number of hydrogen-bond acceptors (Lipinski definition) is 5. The Morgan fingerprint density at radius 3 is 1.68 bits per heavy atom. The molecule has 0 aromatic heterocycles. The first-order chi connectivity index (χ1) is 27.6. The third kappa shape index (κ3) is 7.00. The number of hydrogen-bond donors (Lipinski definition) is 0. The number of nitrogens with zero attached hydrogens (tertiary/aromatic N) is 3. The van der Waals surface area contributed by atoms with E-state index in [0.29, 0.717) is 5.92 Å². The maximum atomic E-state index is 6.28. The number of ether oxygens (including phenoxy) is 2. The Morgan fingerprint density at radius 2 is 1.07 bits per heavy atom. The highest BCUT2D eigenvalue weighted by Crippen LogP contribution is 2.50. The van der Waals surface area contributed by atoms with Crippen LogP contribution in [0.5, 0.6) is 23.0 Å². The molecule has 56 heavy (non-hydrogen) atoms. The van der Waals surface area contributed by atoms with Gasteiger partial charge in [0, 0.05) is 22.7 Å². The second-order valence-electron chi connectivity index (χ2n) is 14.5. The van der Waals surface area contributed by atoms with E-state index in [4.69, 9.17) is 19.7 Å². The first-order valence-electron chi connectivity index (χ1n) is 19.5. The van der Waals surface area contributed by atoms with E-state index >= 15 is 0 Å². The van der Waals surface area contributed by atoms with Crippen LogP contribution in [0, 0.1) is 0 Å². The van der Waals surface area contributed by atoms with Gasteiger partial charge in [0.2, 0.25) is 0 Å². The molecule has 7 aromatic rings. The van der Waals surface area contributed by atoms with Gasteiger partial charge >= 0.3 is 0 Å². The van der Waals surface area contributed by atoms with Gasteiger partial charge in [0.15, 0.2) is 11.5 Å². The summed E-state index contributed by atoms with van der Waals surface area (Å²) in [6, 6.07) is 61.4. The van der Waals surface area contributed by atoms with Crippen LogP contribution in [-0.2, 0) is 6.42 Å². The highest BCUT2D eigenvalue weighted by Gasteiger charge is 2.28. The van der Waals surface area contributed by atoms with E-state index in [2.05, 4.69) is 139 Å². The summed E-state index contributed by atoms with van der Waals surface area (Å²) in [5, 5.41) is 9.91. The third-order valence-corrected chi connectivity index (χ3v) is 11.0. The predicted octanol–water partition coefficient (Wildman–Crippen LogP) is 13.5. The molecule has 2 aliphatic heterocycles. The van der Waals surface area contributed by atoms with Gasteiger partial charge in [-0.15, -0.1) is 0 Å². The number of anilines is 3. The zero-order valence-corrected chi connectivity index (χ0v) is 31.7. The van der Waals surface area contributed by atoms with Crippen molar-refractivity contribution < 1.29 is 9.47 Å². The van der Waals surface area contributed by atoms with Gasteiger partial charge in [0.25, 0.3) is 0 Å². The monoisotopic (exact) mass is 729 g/mol. The van der Waals surface area contributed by atoms with E-state index in [0.717, 1.165) is 81.9 Å². The van der Waals surface area contributed by atoms with Crippen LogP contribution in [-0.4, -0.2) is 11.4 Å². The smallest absolute Gasteiger partial charge is 0.151 e. The first kappa shape index (κ1) is 35.0. The van der Waals surface area contributed by atoms with E-state index in [9.17, 15) is 0 Å². The molecule has 0 spiro atoms. The molecule has 5 nitrogen and oxygen atoms in total. The van der Waals surface area contributed by atoms with Crippen molar-refractivity contribution in [2.45, 2.75) is 44.9 Å². The molecular weight excluding hydrogens is 687 g/mol. The zero-order chi connectivity index (χ0) is 37.8. The van der Waals surface area contributed by atoms with Crippen molar-refractivity contribution in [3.8, 4) is 23.0 Å². The molecule has 1 unspecified atom stereocenters. The minimum Gasteiger partial charge on any atom is -0.457 e. The minimum absolute atomic E-state index is 0.212. The SMILES string of the molecule is CCC(CC(=NN=C(C)c1ccc(N2c3ccccc3Oc3ccccc32)cc1)c1ccc(CC2c3ccccc3Oc3ccccc32)cc1)c1ccccc1. The van der Waals surface area contributed by atoms with Crippen molar-refractivity contribution in [2.24, 2.45) is 10.2 Å². The van der Waals surface area contributed by atoms with Crippen molar-refractivity contribution in [3.05, 3.63) is 209 Å². The van der Waals surface area contributed by atoms with E-state index in [1.807, 2.05) is 55.5 Å². The Hall–Kier alpha value is -6.72. The summed E-state index contributed by atoms with van der Waals surface area (Å²) < 4.78 is 12.5. The Labute approximate surface area is 329 Å². The van der Waals surface area contributed by atoms with Crippen LogP contribution < -0.4 is 14.4 Å². The highest BCUT2D eigenvalue weighted by atomic mass is 16.5. The van der Waals surface area contributed by atoms with Crippen LogP contribution in [0.15, 0.2) is 186 Å². The van der Waals surface area contributed by atoms with Crippen LogP contribution >= 0.6 is 0 Å². The number of benzene rings is 7. The molecule has 0 radical (unpaired) electrons. The topological polar surface area (TPSA) is 46.4 Å². The second-order valence-corrected chi connectivity index (χ2v) is 14.5. The Kier molecular flexibility index (Phi) is 9.73. The highest BCUT2D eigenvalue weighted by molar-refractivity contribution is 6.03. The third-order valence-electron chi connectivity index (χ3n) is 11.0. The predicted molar refractivity (Wildman–Crippen MR) is 229 cm³/mol. The van der Waals surface area contributed by atoms with Crippen molar-refractivity contribution >= 4 is 28.5 Å². The van der Waals surface area contributed by atoms with E-state index in [-0.39, 0.29) is 5.92 Å². The van der Waals surface area contributed by atoms with Crippen LogP contribution in [0.1, 0.15) is 71.9 Å². The summed E-state index contributed by atoms with van der Waals surface area (Å²) in [4.78, 5) is 2.25. The Morgan fingerprint density at radius 1 is 0.554 bits per heavy atom. The van der Waals surface area contributed by atoms with Crippen molar-refractivity contribution in [2.75, 3.05) is 4.90 Å². The minimum atomic E-state index is 0.212. The lowest BCUT2D eigenvalue weighted by atomic mass is 9.83. The summed E-state index contributed by atoms with van der Waals surface area (Å²) in [6.07, 6.45) is 2.66. The van der Waals surface area contributed by atoms with Gasteiger partial charge in [-0.25, -0.2) is 0 Å². The van der Waals surface area contributed by atoms with Gasteiger partial charge in [-0.1, -0.05) is 134 Å².